The molecule has 22 heavy (non-hydrogen) atoms. The summed E-state index contributed by atoms with van der Waals surface area (Å²) >= 11 is 0. The maximum atomic E-state index is 11.8. The first-order valence-electron chi connectivity index (χ1n) is 7.00. The molecule has 1 aliphatic rings. The van der Waals surface area contributed by atoms with Crippen molar-refractivity contribution in [2.24, 2.45) is 17.2 Å². The Hall–Kier alpha value is -1.83. The zero-order valence-corrected chi connectivity index (χ0v) is 13.7. The van der Waals surface area contributed by atoms with Gasteiger partial charge in [-0.05, 0) is 39.5 Å². The maximum Gasteiger partial charge on any atom is 0.424 e. The first-order chi connectivity index (χ1) is 10.1. The normalized spacial score (nSPS) is 19.1. The Bertz CT molecular complexity index is 441. The number of hydrogen-bond donors (Lipinski definition) is 1. The molecule has 1 unspecified atom stereocenters. The van der Waals surface area contributed by atoms with Crippen molar-refractivity contribution in [3.05, 3.63) is 0 Å². The van der Waals surface area contributed by atoms with Gasteiger partial charge in [0.1, 0.15) is 5.60 Å². The number of hydrogen-bond acceptors (Lipinski definition) is 7. The predicted molar refractivity (Wildman–Crippen MR) is 76.3 cm³/mol. The van der Waals surface area contributed by atoms with E-state index in [9.17, 15) is 14.4 Å². The molecular weight excluding hydrogens is 292 g/mol. The van der Waals surface area contributed by atoms with Gasteiger partial charge in [-0.25, -0.2) is 15.6 Å². The lowest BCUT2D eigenvalue weighted by Crippen LogP contribution is -2.42. The van der Waals surface area contributed by atoms with Gasteiger partial charge in [-0.1, -0.05) is 0 Å². The van der Waals surface area contributed by atoms with E-state index in [0.29, 0.717) is 12.8 Å². The summed E-state index contributed by atoms with van der Waals surface area (Å²) < 4.78 is 14.5. The van der Waals surface area contributed by atoms with Gasteiger partial charge in [-0.15, -0.1) is 0 Å². The third-order valence-corrected chi connectivity index (χ3v) is 3.55. The zero-order valence-electron chi connectivity index (χ0n) is 13.7. The van der Waals surface area contributed by atoms with Crippen LogP contribution in [0.15, 0.2) is 0 Å². The summed E-state index contributed by atoms with van der Waals surface area (Å²) in [6.45, 7) is 5.37. The summed E-state index contributed by atoms with van der Waals surface area (Å²) in [5, 5.41) is 0.933. The molecule has 1 aliphatic carbocycles. The summed E-state index contributed by atoms with van der Waals surface area (Å²) in [6, 6.07) is 0. The molecule has 1 amide bonds. The zero-order chi connectivity index (χ0) is 17.1. The van der Waals surface area contributed by atoms with E-state index in [2.05, 4.69) is 9.47 Å². The largest absolute Gasteiger partial charge is 0.468 e. The molecule has 1 saturated carbocycles. The van der Waals surface area contributed by atoms with E-state index in [-0.39, 0.29) is 12.5 Å². The Labute approximate surface area is 129 Å². The molecule has 1 fully saturated rings. The molecule has 0 spiro atoms. The van der Waals surface area contributed by atoms with Crippen LogP contribution in [0, 0.1) is 11.3 Å². The number of hydrazine groups is 1. The van der Waals surface area contributed by atoms with Crippen molar-refractivity contribution >= 4 is 18.0 Å². The van der Waals surface area contributed by atoms with E-state index in [1.165, 1.54) is 14.2 Å². The van der Waals surface area contributed by atoms with Crippen LogP contribution in [0.25, 0.3) is 0 Å². The number of amides is 1. The Morgan fingerprint density at radius 2 is 1.68 bits per heavy atom. The van der Waals surface area contributed by atoms with Crippen molar-refractivity contribution in [2.45, 2.75) is 39.2 Å². The van der Waals surface area contributed by atoms with Crippen LogP contribution in [0.3, 0.4) is 0 Å². The van der Waals surface area contributed by atoms with Crippen molar-refractivity contribution in [2.75, 3.05) is 20.8 Å². The summed E-state index contributed by atoms with van der Waals surface area (Å²) in [4.78, 5) is 35.4. The van der Waals surface area contributed by atoms with Gasteiger partial charge in [-0.3, -0.25) is 9.59 Å². The van der Waals surface area contributed by atoms with E-state index in [1.54, 1.807) is 20.8 Å². The highest BCUT2D eigenvalue weighted by Crippen LogP contribution is 2.56. The number of carbonyl (C=O) groups excluding carboxylic acids is 3. The molecule has 1 rings (SSSR count). The molecule has 0 bridgehead atoms. The summed E-state index contributed by atoms with van der Waals surface area (Å²) in [5.74, 6) is 4.13. The van der Waals surface area contributed by atoms with Gasteiger partial charge in [0.2, 0.25) is 0 Å². The lowest BCUT2D eigenvalue weighted by atomic mass is 10.0. The third kappa shape index (κ3) is 3.88. The first kappa shape index (κ1) is 18.2. The molecule has 126 valence electrons. The van der Waals surface area contributed by atoms with E-state index >= 15 is 0 Å². The highest BCUT2D eigenvalue weighted by molar-refractivity contribution is 6.03. The quantitative estimate of drug-likeness (QED) is 0.200. The van der Waals surface area contributed by atoms with E-state index < -0.39 is 29.0 Å². The molecular formula is C14H24N2O6. The number of rotatable bonds is 5. The number of nitrogens with zero attached hydrogens (tertiary/aromatic N) is 1. The van der Waals surface area contributed by atoms with Crippen LogP contribution in [0.1, 0.15) is 33.6 Å². The SMILES string of the molecule is COC(=O)C1(C(=O)OC)CC1CCN(N)C(=O)OC(C)(C)C. The van der Waals surface area contributed by atoms with Gasteiger partial charge in [0.15, 0.2) is 5.41 Å². The van der Waals surface area contributed by atoms with E-state index in [0.717, 1.165) is 5.01 Å². The molecule has 8 heteroatoms. The highest BCUT2D eigenvalue weighted by Gasteiger charge is 2.67. The number of carbonyl (C=O) groups is 3. The van der Waals surface area contributed by atoms with E-state index in [4.69, 9.17) is 10.6 Å². The standard InChI is InChI=1S/C14H24N2O6/c1-13(2,3)22-12(19)16(15)7-6-9-8-14(9,10(17)20-4)11(18)21-5/h9H,6-8,15H2,1-5H3. The minimum atomic E-state index is -1.27. The fraction of sp³-hybridized carbons (Fsp3) is 0.786. The lowest BCUT2D eigenvalue weighted by molar-refractivity contribution is -0.162. The maximum absolute atomic E-state index is 11.8. The van der Waals surface area contributed by atoms with Gasteiger partial charge in [0.05, 0.1) is 14.2 Å². The van der Waals surface area contributed by atoms with Gasteiger partial charge in [-0.2, -0.15) is 0 Å². The van der Waals surface area contributed by atoms with Crippen molar-refractivity contribution in [1.82, 2.24) is 5.01 Å². The molecule has 0 aromatic heterocycles. The van der Waals surface area contributed by atoms with Crippen molar-refractivity contribution in [3.63, 3.8) is 0 Å². The lowest BCUT2D eigenvalue weighted by Gasteiger charge is -2.24. The second kappa shape index (κ2) is 6.51. The monoisotopic (exact) mass is 316 g/mol. The molecule has 0 aromatic carbocycles. The highest BCUT2D eigenvalue weighted by atomic mass is 16.6. The van der Waals surface area contributed by atoms with Crippen molar-refractivity contribution in [3.8, 4) is 0 Å². The molecule has 1 atom stereocenters. The van der Waals surface area contributed by atoms with Crippen LogP contribution in [0.5, 0.6) is 0 Å². The fourth-order valence-corrected chi connectivity index (χ4v) is 2.33. The molecule has 0 aliphatic heterocycles. The van der Waals surface area contributed by atoms with Gasteiger partial charge >= 0.3 is 18.0 Å². The Morgan fingerprint density at radius 3 is 2.09 bits per heavy atom. The van der Waals surface area contributed by atoms with Crippen molar-refractivity contribution < 1.29 is 28.6 Å². The van der Waals surface area contributed by atoms with Crippen LogP contribution < -0.4 is 5.84 Å². The number of nitrogens with two attached hydrogens (primary N) is 1. The van der Waals surface area contributed by atoms with Crippen LogP contribution in [0.2, 0.25) is 0 Å². The minimum Gasteiger partial charge on any atom is -0.468 e. The molecule has 0 radical (unpaired) electrons. The number of ether oxygens (including phenoxy) is 3. The number of esters is 2. The summed E-state index contributed by atoms with van der Waals surface area (Å²) in [5.41, 5.74) is -1.91. The topological polar surface area (TPSA) is 108 Å². The molecule has 2 N–H and O–H groups in total. The van der Waals surface area contributed by atoms with Crippen LogP contribution in [-0.2, 0) is 23.8 Å². The summed E-state index contributed by atoms with van der Waals surface area (Å²) in [7, 11) is 2.44. The molecule has 0 aromatic rings. The average Bonchev–Trinajstić information content (AvgIpc) is 3.16. The third-order valence-electron chi connectivity index (χ3n) is 3.55. The second-order valence-corrected chi connectivity index (χ2v) is 6.32. The van der Waals surface area contributed by atoms with Crippen LogP contribution in [0.4, 0.5) is 4.79 Å². The van der Waals surface area contributed by atoms with Gasteiger partial charge in [0, 0.05) is 6.54 Å². The molecule has 0 heterocycles. The predicted octanol–water partition coefficient (Wildman–Crippen LogP) is 0.840. The average molecular weight is 316 g/mol. The first-order valence-corrected chi connectivity index (χ1v) is 7.00. The Kier molecular flexibility index (Phi) is 5.39. The molecule has 0 saturated heterocycles. The van der Waals surface area contributed by atoms with Crippen LogP contribution >= 0.6 is 0 Å². The van der Waals surface area contributed by atoms with Gasteiger partial charge in [0.25, 0.3) is 0 Å². The number of methoxy groups -OCH3 is 2. The van der Waals surface area contributed by atoms with Gasteiger partial charge < -0.3 is 14.2 Å². The fourth-order valence-electron chi connectivity index (χ4n) is 2.33. The van der Waals surface area contributed by atoms with E-state index in [1.807, 2.05) is 0 Å². The smallest absolute Gasteiger partial charge is 0.424 e. The second-order valence-electron chi connectivity index (χ2n) is 6.32. The Balaban J connectivity index is 2.57. The van der Waals surface area contributed by atoms with Crippen molar-refractivity contribution in [1.29, 1.82) is 0 Å². The minimum absolute atomic E-state index is 0.162. The molecule has 8 nitrogen and oxygen atoms in total. The van der Waals surface area contributed by atoms with Crippen LogP contribution in [-0.4, -0.2) is 49.4 Å². The Morgan fingerprint density at radius 1 is 1.18 bits per heavy atom. The summed E-state index contributed by atoms with van der Waals surface area (Å²) in [6.07, 6.45) is 0.0453.